The number of hydrogen-bond donors (Lipinski definition) is 2. The van der Waals surface area contributed by atoms with Crippen LogP contribution < -0.4 is 10.0 Å². The van der Waals surface area contributed by atoms with E-state index in [4.69, 9.17) is 0 Å². The summed E-state index contributed by atoms with van der Waals surface area (Å²) in [6.45, 7) is 5.41. The van der Waals surface area contributed by atoms with E-state index in [1.54, 1.807) is 10.4 Å². The molecule has 21 heavy (non-hydrogen) atoms. The van der Waals surface area contributed by atoms with Crippen LogP contribution in [0.2, 0.25) is 0 Å². The SMILES string of the molecule is CNC(C)c1cccc(NS(=O)(=O)N2CCC(C)CC2)c1. The molecule has 118 valence electrons. The monoisotopic (exact) mass is 311 g/mol. The molecule has 0 bridgehead atoms. The first-order valence-corrected chi connectivity index (χ1v) is 8.91. The standard InChI is InChI=1S/C15H25N3O2S/c1-12-7-9-18(10-8-12)21(19,20)17-15-6-4-5-14(11-15)13(2)16-3/h4-6,11-13,16-17H,7-10H2,1-3H3. The third kappa shape index (κ3) is 4.18. The number of benzene rings is 1. The van der Waals surface area contributed by atoms with Gasteiger partial charge in [-0.2, -0.15) is 12.7 Å². The summed E-state index contributed by atoms with van der Waals surface area (Å²) in [6, 6.07) is 7.72. The van der Waals surface area contributed by atoms with Crippen LogP contribution in [0.25, 0.3) is 0 Å². The summed E-state index contributed by atoms with van der Waals surface area (Å²) in [5.41, 5.74) is 1.68. The van der Waals surface area contributed by atoms with Crippen molar-refractivity contribution < 1.29 is 8.42 Å². The first-order valence-electron chi connectivity index (χ1n) is 7.47. The average Bonchev–Trinajstić information content (AvgIpc) is 2.46. The summed E-state index contributed by atoms with van der Waals surface area (Å²) >= 11 is 0. The summed E-state index contributed by atoms with van der Waals surface area (Å²) in [6.07, 6.45) is 1.86. The minimum atomic E-state index is -3.45. The predicted octanol–water partition coefficient (Wildman–Crippen LogP) is 2.36. The van der Waals surface area contributed by atoms with Gasteiger partial charge in [0.25, 0.3) is 0 Å². The van der Waals surface area contributed by atoms with E-state index in [0.717, 1.165) is 18.4 Å². The van der Waals surface area contributed by atoms with E-state index in [0.29, 0.717) is 24.7 Å². The van der Waals surface area contributed by atoms with Gasteiger partial charge in [-0.25, -0.2) is 0 Å². The Morgan fingerprint density at radius 3 is 2.57 bits per heavy atom. The maximum Gasteiger partial charge on any atom is 0.301 e. The van der Waals surface area contributed by atoms with Crippen molar-refractivity contribution >= 4 is 15.9 Å². The maximum atomic E-state index is 12.4. The molecule has 1 unspecified atom stereocenters. The molecule has 1 aliphatic heterocycles. The van der Waals surface area contributed by atoms with Crippen LogP contribution in [0.5, 0.6) is 0 Å². The van der Waals surface area contributed by atoms with Gasteiger partial charge in [-0.3, -0.25) is 4.72 Å². The lowest BCUT2D eigenvalue weighted by atomic mass is 10.0. The molecule has 0 spiro atoms. The number of piperidine rings is 1. The molecule has 1 heterocycles. The molecule has 5 nitrogen and oxygen atoms in total. The second kappa shape index (κ2) is 6.77. The Morgan fingerprint density at radius 2 is 1.95 bits per heavy atom. The Bertz CT molecular complexity index is 566. The van der Waals surface area contributed by atoms with Crippen molar-refractivity contribution in [2.24, 2.45) is 5.92 Å². The molecule has 1 aliphatic rings. The van der Waals surface area contributed by atoms with Gasteiger partial charge in [0.05, 0.1) is 5.69 Å². The second-order valence-corrected chi connectivity index (χ2v) is 7.50. The molecule has 1 fully saturated rings. The third-order valence-electron chi connectivity index (χ3n) is 4.15. The lowest BCUT2D eigenvalue weighted by Gasteiger charge is -2.29. The highest BCUT2D eigenvalue weighted by atomic mass is 32.2. The van der Waals surface area contributed by atoms with Gasteiger partial charge < -0.3 is 5.32 Å². The Kier molecular flexibility index (Phi) is 5.24. The van der Waals surface area contributed by atoms with Gasteiger partial charge in [0.15, 0.2) is 0 Å². The van der Waals surface area contributed by atoms with Gasteiger partial charge in [-0.05, 0) is 50.4 Å². The Labute approximate surface area is 127 Å². The molecule has 0 amide bonds. The van der Waals surface area contributed by atoms with Crippen molar-refractivity contribution in [3.05, 3.63) is 29.8 Å². The maximum absolute atomic E-state index is 12.4. The zero-order chi connectivity index (χ0) is 15.5. The highest BCUT2D eigenvalue weighted by molar-refractivity contribution is 7.90. The molecule has 0 aromatic heterocycles. The zero-order valence-corrected chi connectivity index (χ0v) is 13.8. The smallest absolute Gasteiger partial charge is 0.301 e. The lowest BCUT2D eigenvalue weighted by molar-refractivity contribution is 0.289. The molecule has 0 aliphatic carbocycles. The molecule has 2 rings (SSSR count). The van der Waals surface area contributed by atoms with Crippen molar-refractivity contribution in [2.75, 3.05) is 24.9 Å². The lowest BCUT2D eigenvalue weighted by Crippen LogP contribution is -2.41. The van der Waals surface area contributed by atoms with Crippen LogP contribution in [0.4, 0.5) is 5.69 Å². The van der Waals surface area contributed by atoms with Crippen LogP contribution in [0.1, 0.15) is 38.3 Å². The minimum absolute atomic E-state index is 0.185. The van der Waals surface area contributed by atoms with Gasteiger partial charge in [-0.1, -0.05) is 19.1 Å². The molecular weight excluding hydrogens is 286 g/mol. The van der Waals surface area contributed by atoms with Crippen LogP contribution in [-0.2, 0) is 10.2 Å². The highest BCUT2D eigenvalue weighted by Gasteiger charge is 2.26. The van der Waals surface area contributed by atoms with E-state index in [2.05, 4.69) is 17.0 Å². The number of hydrogen-bond acceptors (Lipinski definition) is 3. The van der Waals surface area contributed by atoms with Crippen molar-refractivity contribution in [3.8, 4) is 0 Å². The number of nitrogens with one attached hydrogen (secondary N) is 2. The van der Waals surface area contributed by atoms with Crippen LogP contribution in [-0.4, -0.2) is 32.9 Å². The van der Waals surface area contributed by atoms with Crippen molar-refractivity contribution in [3.63, 3.8) is 0 Å². The average molecular weight is 311 g/mol. The first kappa shape index (κ1) is 16.3. The summed E-state index contributed by atoms with van der Waals surface area (Å²) < 4.78 is 29.1. The summed E-state index contributed by atoms with van der Waals surface area (Å²) in [5, 5.41) is 3.15. The van der Waals surface area contributed by atoms with Gasteiger partial charge in [-0.15, -0.1) is 0 Å². The Balaban J connectivity index is 2.09. The van der Waals surface area contributed by atoms with E-state index in [1.807, 2.05) is 32.2 Å². The van der Waals surface area contributed by atoms with Crippen molar-refractivity contribution in [1.82, 2.24) is 9.62 Å². The molecule has 1 aromatic rings. The Hall–Kier alpha value is -1.11. The summed E-state index contributed by atoms with van der Waals surface area (Å²) in [7, 11) is -1.56. The molecule has 1 aromatic carbocycles. The minimum Gasteiger partial charge on any atom is -0.313 e. The van der Waals surface area contributed by atoms with Gasteiger partial charge >= 0.3 is 10.2 Å². The fraction of sp³-hybridized carbons (Fsp3) is 0.600. The van der Waals surface area contributed by atoms with E-state index >= 15 is 0 Å². The van der Waals surface area contributed by atoms with Crippen molar-refractivity contribution in [1.29, 1.82) is 0 Å². The van der Waals surface area contributed by atoms with Gasteiger partial charge in [0.1, 0.15) is 0 Å². The van der Waals surface area contributed by atoms with E-state index in [1.165, 1.54) is 0 Å². The summed E-state index contributed by atoms with van der Waals surface area (Å²) in [5.74, 6) is 0.608. The largest absolute Gasteiger partial charge is 0.313 e. The zero-order valence-electron chi connectivity index (χ0n) is 13.0. The van der Waals surface area contributed by atoms with E-state index in [-0.39, 0.29) is 6.04 Å². The molecule has 1 atom stereocenters. The van der Waals surface area contributed by atoms with Crippen LogP contribution in [0, 0.1) is 5.92 Å². The Morgan fingerprint density at radius 1 is 1.29 bits per heavy atom. The highest BCUT2D eigenvalue weighted by Crippen LogP contribution is 2.22. The number of anilines is 1. The van der Waals surface area contributed by atoms with Crippen LogP contribution in [0.3, 0.4) is 0 Å². The number of rotatable bonds is 5. The van der Waals surface area contributed by atoms with Gasteiger partial charge in [0.2, 0.25) is 0 Å². The fourth-order valence-corrected chi connectivity index (χ4v) is 3.72. The third-order valence-corrected chi connectivity index (χ3v) is 5.69. The summed E-state index contributed by atoms with van der Waals surface area (Å²) in [4.78, 5) is 0. The molecule has 0 radical (unpaired) electrons. The second-order valence-electron chi connectivity index (χ2n) is 5.82. The molecular formula is C15H25N3O2S. The topological polar surface area (TPSA) is 61.4 Å². The van der Waals surface area contributed by atoms with E-state index < -0.39 is 10.2 Å². The number of nitrogens with zero attached hydrogens (tertiary/aromatic N) is 1. The fourth-order valence-electron chi connectivity index (χ4n) is 2.48. The van der Waals surface area contributed by atoms with Gasteiger partial charge in [0, 0.05) is 19.1 Å². The molecule has 2 N–H and O–H groups in total. The van der Waals surface area contributed by atoms with Crippen molar-refractivity contribution in [2.45, 2.75) is 32.7 Å². The molecule has 1 saturated heterocycles. The predicted molar refractivity (Wildman–Crippen MR) is 86.4 cm³/mol. The van der Waals surface area contributed by atoms with Crippen LogP contribution in [0.15, 0.2) is 24.3 Å². The quantitative estimate of drug-likeness (QED) is 0.877. The van der Waals surface area contributed by atoms with E-state index in [9.17, 15) is 8.42 Å². The normalized spacial score (nSPS) is 19.4. The molecule has 0 saturated carbocycles. The first-order chi connectivity index (χ1) is 9.92. The van der Waals surface area contributed by atoms with Crippen LogP contribution >= 0.6 is 0 Å². The molecule has 6 heteroatoms.